The van der Waals surface area contributed by atoms with E-state index in [-0.39, 0.29) is 19.3 Å². The lowest BCUT2D eigenvalue weighted by Gasteiger charge is -2.21. The van der Waals surface area contributed by atoms with Gasteiger partial charge in [-0.05, 0) is 103 Å². The predicted molar refractivity (Wildman–Crippen MR) is 371 cm³/mol. The molecule has 0 spiro atoms. The Morgan fingerprint density at radius 1 is 0.319 bits per heavy atom. The van der Waals surface area contributed by atoms with E-state index >= 15 is 0 Å². The fourth-order valence-corrected chi connectivity index (χ4v) is 11.0. The third kappa shape index (κ3) is 67.7. The maximum Gasteiger partial charge on any atom is 0.472 e. The number of ether oxygens (including phenoxy) is 3. The summed E-state index contributed by atoms with van der Waals surface area (Å²) in [4.78, 5) is 58.4. The number of allylic oxidation sites excluding steroid dienone is 16. The minimum Gasteiger partial charge on any atom is -0.463 e. The summed E-state index contributed by atoms with van der Waals surface area (Å²) in [5, 5.41) is 20.6. The molecule has 5 atom stereocenters. The summed E-state index contributed by atoms with van der Waals surface area (Å²) in [6, 6.07) is 0. The molecule has 18 heteroatoms. The molecule has 0 saturated carbocycles. The minimum absolute atomic E-state index is 0.105. The lowest BCUT2D eigenvalue weighted by molar-refractivity contribution is -0.161. The molecule has 91 heavy (non-hydrogen) atoms. The summed E-state index contributed by atoms with van der Waals surface area (Å²) in [7, 11) is -9.78. The van der Waals surface area contributed by atoms with Gasteiger partial charge in [0.15, 0.2) is 6.10 Å². The molecule has 0 amide bonds. The number of carbonyl (C=O) groups is 3. The van der Waals surface area contributed by atoms with Gasteiger partial charge in [-0.15, -0.1) is 0 Å². The Labute approximate surface area is 552 Å². The van der Waals surface area contributed by atoms with E-state index in [2.05, 4.69) is 118 Å². The molecule has 0 saturated heterocycles. The van der Waals surface area contributed by atoms with Crippen molar-refractivity contribution in [2.75, 3.05) is 39.6 Å². The summed E-state index contributed by atoms with van der Waals surface area (Å²) < 4.78 is 60.9. The molecular weight excluding hydrogens is 1190 g/mol. The molecule has 0 rings (SSSR count). The Balaban J connectivity index is 4.58. The van der Waals surface area contributed by atoms with Crippen LogP contribution in [0.3, 0.4) is 0 Å². The van der Waals surface area contributed by atoms with Crippen LogP contribution in [-0.4, -0.2) is 95.9 Å². The molecule has 0 radical (unpaired) electrons. The first-order chi connectivity index (χ1) is 44.2. The van der Waals surface area contributed by atoms with Gasteiger partial charge in [0.2, 0.25) is 0 Å². The molecule has 526 valence electrons. The Kier molecular flexibility index (Phi) is 63.9. The van der Waals surface area contributed by atoms with Crippen LogP contribution in [0, 0.1) is 0 Å². The van der Waals surface area contributed by atoms with Crippen LogP contribution in [-0.2, 0) is 55.8 Å². The first-order valence-corrected chi connectivity index (χ1v) is 38.5. The van der Waals surface area contributed by atoms with Gasteiger partial charge in [0.25, 0.3) is 0 Å². The van der Waals surface area contributed by atoms with Gasteiger partial charge in [-0.25, -0.2) is 9.13 Å². The summed E-state index contributed by atoms with van der Waals surface area (Å²) in [5.74, 6) is -1.60. The third-order valence-electron chi connectivity index (χ3n) is 14.8. The molecule has 0 fully saturated rings. The number of rotatable bonds is 67. The van der Waals surface area contributed by atoms with Crippen LogP contribution in [0.1, 0.15) is 290 Å². The molecule has 16 nitrogen and oxygen atoms in total. The monoisotopic (exact) mass is 1320 g/mol. The first-order valence-electron chi connectivity index (χ1n) is 35.5. The van der Waals surface area contributed by atoms with Gasteiger partial charge in [0.1, 0.15) is 25.4 Å². The van der Waals surface area contributed by atoms with Crippen LogP contribution in [0.2, 0.25) is 0 Å². The van der Waals surface area contributed by atoms with Crippen molar-refractivity contribution in [3.63, 3.8) is 0 Å². The van der Waals surface area contributed by atoms with Crippen molar-refractivity contribution in [2.45, 2.75) is 309 Å². The van der Waals surface area contributed by atoms with Crippen LogP contribution < -0.4 is 0 Å². The SMILES string of the molecule is CC/C=C\C/C=C\C/C=C\C/C=C\C/C=C\C/C=C\CCCCCCCCC(=O)OCC(O)COP(=O)(O)OCC(O)COP(=O)(O)OCC(COC(=O)CCCCCCC/C=C\C/C=C\CCCCC)OC(=O)CCCCCCCCCCCCCCCCC. The molecule has 0 aromatic rings. The zero-order chi connectivity index (χ0) is 66.7. The highest BCUT2D eigenvalue weighted by atomic mass is 31.2. The number of hydrogen-bond acceptors (Lipinski definition) is 14. The molecule has 0 aromatic carbocycles. The number of carbonyl (C=O) groups excluding carboxylic acids is 3. The Morgan fingerprint density at radius 3 is 0.945 bits per heavy atom. The molecule has 0 aliphatic carbocycles. The normalized spacial score (nSPS) is 14.8. The van der Waals surface area contributed by atoms with Crippen molar-refractivity contribution >= 4 is 33.6 Å². The average Bonchev–Trinajstić information content (AvgIpc) is 3.08. The fraction of sp³-hybridized carbons (Fsp3) is 0.740. The Bertz CT molecular complexity index is 2050. The van der Waals surface area contributed by atoms with E-state index < -0.39 is 91.5 Å². The van der Waals surface area contributed by atoms with Crippen LogP contribution in [0.25, 0.3) is 0 Å². The van der Waals surface area contributed by atoms with Crippen LogP contribution >= 0.6 is 15.6 Å². The number of unbranched alkanes of at least 4 members (excludes halogenated alkanes) is 28. The Hall–Kier alpha value is -3.53. The van der Waals surface area contributed by atoms with Gasteiger partial charge in [0.05, 0.1) is 26.4 Å². The van der Waals surface area contributed by atoms with Crippen LogP contribution in [0.5, 0.6) is 0 Å². The molecule has 0 heterocycles. The van der Waals surface area contributed by atoms with Crippen molar-refractivity contribution in [3.05, 3.63) is 97.2 Å². The van der Waals surface area contributed by atoms with Crippen molar-refractivity contribution in [1.82, 2.24) is 0 Å². The second kappa shape index (κ2) is 66.5. The molecule has 0 aliphatic heterocycles. The standard InChI is InChI=1S/C73H128O16P2/c1-4-7-10-13-16-19-22-25-28-29-30-31-32-33-34-35-36-37-40-42-44-47-50-53-56-59-71(76)83-62-68(74)63-85-90(79,80)86-64-69(75)65-87-91(81,82)88-67-70(89-73(78)61-58-55-52-49-46-43-39-27-24-21-18-15-12-9-6-3)66-84-72(77)60-57-54-51-48-45-41-38-26-23-20-17-14-11-8-5-2/h7,10,16-17,19-20,25-26,28,30-31,33-34,36-38,68-70,74-75H,4-6,8-9,11-15,18,21-24,27,29,32,35,39-67H2,1-3H3,(H,79,80)(H,81,82)/b10-7-,19-16-,20-17-,28-25-,31-30-,34-33-,37-36-,38-26-. The lowest BCUT2D eigenvalue weighted by Crippen LogP contribution is -2.30. The van der Waals surface area contributed by atoms with E-state index in [1.54, 1.807) is 0 Å². The topological polar surface area (TPSA) is 231 Å². The number of phosphoric acid groups is 2. The van der Waals surface area contributed by atoms with Gasteiger partial charge in [-0.3, -0.25) is 32.5 Å². The number of aliphatic hydroxyl groups is 2. The minimum atomic E-state index is -4.92. The van der Waals surface area contributed by atoms with Crippen LogP contribution in [0.4, 0.5) is 0 Å². The first kappa shape index (κ1) is 87.5. The van der Waals surface area contributed by atoms with Gasteiger partial charge >= 0.3 is 33.6 Å². The van der Waals surface area contributed by atoms with Gasteiger partial charge in [-0.2, -0.15) is 0 Å². The molecule has 0 bridgehead atoms. The Morgan fingerprint density at radius 2 is 0.582 bits per heavy atom. The number of aliphatic hydroxyl groups excluding tert-OH is 2. The third-order valence-corrected chi connectivity index (χ3v) is 16.7. The van der Waals surface area contributed by atoms with Crippen molar-refractivity contribution in [3.8, 4) is 0 Å². The van der Waals surface area contributed by atoms with E-state index in [4.69, 9.17) is 32.3 Å². The molecule has 0 aliphatic rings. The van der Waals surface area contributed by atoms with Crippen molar-refractivity contribution in [1.29, 1.82) is 0 Å². The zero-order valence-electron chi connectivity index (χ0n) is 57.0. The highest BCUT2D eigenvalue weighted by Crippen LogP contribution is 2.45. The second-order valence-corrected chi connectivity index (χ2v) is 26.6. The summed E-state index contributed by atoms with van der Waals surface area (Å²) in [6.45, 7) is 2.52. The van der Waals surface area contributed by atoms with E-state index in [0.29, 0.717) is 19.3 Å². The molecule has 5 unspecified atom stereocenters. The largest absolute Gasteiger partial charge is 0.472 e. The highest BCUT2D eigenvalue weighted by Gasteiger charge is 2.29. The molecule has 0 aromatic heterocycles. The van der Waals surface area contributed by atoms with Gasteiger partial charge < -0.3 is 34.2 Å². The molecule has 4 N–H and O–H groups in total. The maximum absolute atomic E-state index is 12.9. The highest BCUT2D eigenvalue weighted by molar-refractivity contribution is 7.47. The van der Waals surface area contributed by atoms with Crippen molar-refractivity contribution < 1.29 is 75.8 Å². The smallest absolute Gasteiger partial charge is 0.463 e. The number of hydrogen-bond donors (Lipinski definition) is 4. The van der Waals surface area contributed by atoms with Gasteiger partial charge in [0, 0.05) is 19.3 Å². The number of phosphoric ester groups is 2. The number of esters is 3. The van der Waals surface area contributed by atoms with Gasteiger partial charge in [-0.1, -0.05) is 266 Å². The van der Waals surface area contributed by atoms with Crippen LogP contribution in [0.15, 0.2) is 97.2 Å². The quantitative estimate of drug-likeness (QED) is 0.0146. The van der Waals surface area contributed by atoms with E-state index in [1.165, 1.54) is 83.5 Å². The van der Waals surface area contributed by atoms with Crippen molar-refractivity contribution in [2.24, 2.45) is 0 Å². The summed E-state index contributed by atoms with van der Waals surface area (Å²) >= 11 is 0. The average molecular weight is 1320 g/mol. The zero-order valence-corrected chi connectivity index (χ0v) is 58.8. The maximum atomic E-state index is 12.9. The lowest BCUT2D eigenvalue weighted by atomic mass is 10.0. The summed E-state index contributed by atoms with van der Waals surface area (Å²) in [5.41, 5.74) is 0. The summed E-state index contributed by atoms with van der Waals surface area (Å²) in [6.07, 6.45) is 73.1. The fourth-order valence-electron chi connectivity index (χ4n) is 9.37. The van der Waals surface area contributed by atoms with E-state index in [9.17, 15) is 43.5 Å². The second-order valence-electron chi connectivity index (χ2n) is 23.7. The van der Waals surface area contributed by atoms with E-state index in [0.717, 1.165) is 148 Å². The molecular formula is C73H128O16P2. The van der Waals surface area contributed by atoms with E-state index in [1.807, 2.05) is 0 Å². The predicted octanol–water partition coefficient (Wildman–Crippen LogP) is 19.9.